The molecule has 0 saturated carbocycles. The van der Waals surface area contributed by atoms with Gasteiger partial charge in [-0.05, 0) is 42.7 Å². The highest BCUT2D eigenvalue weighted by molar-refractivity contribution is 6.31. The number of hydrogen-bond acceptors (Lipinski definition) is 2. The summed E-state index contributed by atoms with van der Waals surface area (Å²) in [5, 5.41) is 4.69. The van der Waals surface area contributed by atoms with Crippen LogP contribution in [0.15, 0.2) is 54.7 Å². The van der Waals surface area contributed by atoms with Crippen molar-refractivity contribution >= 4 is 34.1 Å². The molecule has 0 spiro atoms. The van der Waals surface area contributed by atoms with E-state index >= 15 is 0 Å². The lowest BCUT2D eigenvalue weighted by atomic mass is 10.1. The smallest absolute Gasteiger partial charge is 0.224 e. The first kappa shape index (κ1) is 15.5. The number of hydrogen-bond donors (Lipinski definition) is 1. The van der Waals surface area contributed by atoms with Crippen LogP contribution in [0.4, 0.5) is 5.69 Å². The molecule has 3 rings (SSSR count). The molecule has 0 fully saturated rings. The molecule has 2 aromatic carbocycles. The van der Waals surface area contributed by atoms with Crippen LogP contribution in [0.5, 0.6) is 0 Å². The van der Waals surface area contributed by atoms with Crippen LogP contribution in [0, 0.1) is 6.92 Å². The van der Waals surface area contributed by atoms with Gasteiger partial charge in [-0.2, -0.15) is 0 Å². The minimum atomic E-state index is -0.0279. The number of carbonyl (C=O) groups is 1. The van der Waals surface area contributed by atoms with Gasteiger partial charge in [-0.15, -0.1) is 0 Å². The zero-order chi connectivity index (χ0) is 16.2. The first-order valence-corrected chi connectivity index (χ1v) is 7.90. The third kappa shape index (κ3) is 3.69. The molecule has 0 aliphatic rings. The van der Waals surface area contributed by atoms with Crippen molar-refractivity contribution in [1.82, 2.24) is 4.98 Å². The summed E-state index contributed by atoms with van der Waals surface area (Å²) in [5.41, 5.74) is 3.66. The molecule has 0 saturated heterocycles. The first-order valence-electron chi connectivity index (χ1n) is 7.52. The summed E-state index contributed by atoms with van der Waals surface area (Å²) >= 11 is 6.12. The fourth-order valence-electron chi connectivity index (χ4n) is 2.47. The fourth-order valence-corrected chi connectivity index (χ4v) is 2.67. The standard InChI is InChI=1S/C19H17ClN2O/c1-13-7-8-14(12-16(13)20)9-10-18(23)22-17-6-2-4-15-5-3-11-21-19(15)17/h2-8,11-12H,9-10H2,1H3,(H,22,23). The lowest BCUT2D eigenvalue weighted by molar-refractivity contribution is -0.116. The van der Waals surface area contributed by atoms with Crippen molar-refractivity contribution in [2.45, 2.75) is 19.8 Å². The van der Waals surface area contributed by atoms with Crippen molar-refractivity contribution in [2.75, 3.05) is 5.32 Å². The van der Waals surface area contributed by atoms with E-state index in [9.17, 15) is 4.79 Å². The number of benzene rings is 2. The number of rotatable bonds is 4. The molecular weight excluding hydrogens is 308 g/mol. The van der Waals surface area contributed by atoms with E-state index in [1.54, 1.807) is 6.20 Å². The van der Waals surface area contributed by atoms with Crippen LogP contribution in [0.2, 0.25) is 5.02 Å². The molecule has 4 heteroatoms. The number of nitrogens with one attached hydrogen (secondary N) is 1. The van der Waals surface area contributed by atoms with Gasteiger partial charge in [-0.1, -0.05) is 41.9 Å². The van der Waals surface area contributed by atoms with E-state index in [1.807, 2.05) is 55.5 Å². The number of carbonyl (C=O) groups excluding carboxylic acids is 1. The maximum atomic E-state index is 12.2. The van der Waals surface area contributed by atoms with E-state index < -0.39 is 0 Å². The highest BCUT2D eigenvalue weighted by Gasteiger charge is 2.07. The van der Waals surface area contributed by atoms with Gasteiger partial charge < -0.3 is 5.32 Å². The van der Waals surface area contributed by atoms with Crippen LogP contribution in [-0.2, 0) is 11.2 Å². The van der Waals surface area contributed by atoms with Crippen molar-refractivity contribution in [3.8, 4) is 0 Å². The number of halogens is 1. The molecule has 116 valence electrons. The second-order valence-corrected chi connectivity index (χ2v) is 5.92. The lowest BCUT2D eigenvalue weighted by Gasteiger charge is -2.08. The largest absolute Gasteiger partial charge is 0.324 e. The van der Waals surface area contributed by atoms with Gasteiger partial charge >= 0.3 is 0 Å². The van der Waals surface area contributed by atoms with Gasteiger partial charge in [-0.3, -0.25) is 9.78 Å². The van der Waals surface area contributed by atoms with E-state index in [4.69, 9.17) is 11.6 Å². The Morgan fingerprint density at radius 3 is 2.83 bits per heavy atom. The summed E-state index contributed by atoms with van der Waals surface area (Å²) in [5.74, 6) is -0.0279. The summed E-state index contributed by atoms with van der Waals surface area (Å²) in [7, 11) is 0. The molecule has 0 atom stereocenters. The third-order valence-electron chi connectivity index (χ3n) is 3.78. The maximum Gasteiger partial charge on any atom is 0.224 e. The van der Waals surface area contributed by atoms with Crippen LogP contribution in [0.3, 0.4) is 0 Å². The molecule has 0 radical (unpaired) electrons. The minimum Gasteiger partial charge on any atom is -0.324 e. The Bertz CT molecular complexity index is 856. The summed E-state index contributed by atoms with van der Waals surface area (Å²) < 4.78 is 0. The lowest BCUT2D eigenvalue weighted by Crippen LogP contribution is -2.12. The number of anilines is 1. The van der Waals surface area contributed by atoms with Gasteiger partial charge in [0.25, 0.3) is 0 Å². The highest BCUT2D eigenvalue weighted by atomic mass is 35.5. The molecule has 1 N–H and O–H groups in total. The molecule has 0 unspecified atom stereocenters. The molecule has 23 heavy (non-hydrogen) atoms. The van der Waals surface area contributed by atoms with Crippen molar-refractivity contribution in [3.05, 3.63) is 70.9 Å². The Labute approximate surface area is 140 Å². The van der Waals surface area contributed by atoms with Crippen molar-refractivity contribution in [3.63, 3.8) is 0 Å². The Balaban J connectivity index is 1.68. The minimum absolute atomic E-state index is 0.0279. The molecule has 0 bridgehead atoms. The Hall–Kier alpha value is -2.39. The Morgan fingerprint density at radius 2 is 2.00 bits per heavy atom. The van der Waals surface area contributed by atoms with Crippen LogP contribution >= 0.6 is 11.6 Å². The molecule has 1 heterocycles. The molecule has 3 nitrogen and oxygen atoms in total. The van der Waals surface area contributed by atoms with Gasteiger partial charge in [0.1, 0.15) is 0 Å². The predicted molar refractivity (Wildman–Crippen MR) is 94.9 cm³/mol. The average molecular weight is 325 g/mol. The van der Waals surface area contributed by atoms with E-state index in [-0.39, 0.29) is 5.91 Å². The molecule has 3 aromatic rings. The fraction of sp³-hybridized carbons (Fsp3) is 0.158. The van der Waals surface area contributed by atoms with Crippen LogP contribution in [0.1, 0.15) is 17.5 Å². The predicted octanol–water partition coefficient (Wildman–Crippen LogP) is 4.77. The summed E-state index contributed by atoms with van der Waals surface area (Å²) in [6.45, 7) is 1.96. The van der Waals surface area contributed by atoms with E-state index in [0.29, 0.717) is 12.8 Å². The first-order chi connectivity index (χ1) is 11.1. The van der Waals surface area contributed by atoms with Crippen molar-refractivity contribution in [1.29, 1.82) is 0 Å². The van der Waals surface area contributed by atoms with Crippen LogP contribution < -0.4 is 5.32 Å². The van der Waals surface area contributed by atoms with Gasteiger partial charge in [0.15, 0.2) is 0 Å². The second-order valence-electron chi connectivity index (χ2n) is 5.51. The average Bonchev–Trinajstić information content (AvgIpc) is 2.56. The zero-order valence-electron chi connectivity index (χ0n) is 12.8. The molecular formula is C19H17ClN2O. The van der Waals surface area contributed by atoms with Crippen LogP contribution in [0.25, 0.3) is 10.9 Å². The molecule has 1 amide bonds. The number of aromatic nitrogens is 1. The van der Waals surface area contributed by atoms with E-state index in [1.165, 1.54) is 0 Å². The second kappa shape index (κ2) is 6.80. The summed E-state index contributed by atoms with van der Waals surface area (Å²) in [4.78, 5) is 16.6. The van der Waals surface area contributed by atoms with E-state index in [0.717, 1.165) is 32.7 Å². The number of pyridine rings is 1. The highest BCUT2D eigenvalue weighted by Crippen LogP contribution is 2.21. The Morgan fingerprint density at radius 1 is 1.17 bits per heavy atom. The number of fused-ring (bicyclic) bond motifs is 1. The number of aryl methyl sites for hydroxylation is 2. The van der Waals surface area contributed by atoms with E-state index in [2.05, 4.69) is 10.3 Å². The van der Waals surface area contributed by atoms with Gasteiger partial charge in [0, 0.05) is 23.0 Å². The zero-order valence-corrected chi connectivity index (χ0v) is 13.6. The summed E-state index contributed by atoms with van der Waals surface area (Å²) in [6.07, 6.45) is 2.79. The molecule has 1 aromatic heterocycles. The normalized spacial score (nSPS) is 10.7. The van der Waals surface area contributed by atoms with Gasteiger partial charge in [0.05, 0.1) is 11.2 Å². The quantitative estimate of drug-likeness (QED) is 0.751. The Kier molecular flexibility index (Phi) is 4.58. The number of nitrogens with zero attached hydrogens (tertiary/aromatic N) is 1. The van der Waals surface area contributed by atoms with Crippen LogP contribution in [-0.4, -0.2) is 10.9 Å². The molecule has 0 aliphatic heterocycles. The van der Waals surface area contributed by atoms with Crippen molar-refractivity contribution in [2.24, 2.45) is 0 Å². The topological polar surface area (TPSA) is 42.0 Å². The van der Waals surface area contributed by atoms with Gasteiger partial charge in [-0.25, -0.2) is 0 Å². The summed E-state index contributed by atoms with van der Waals surface area (Å²) in [6, 6.07) is 15.5. The molecule has 0 aliphatic carbocycles. The maximum absolute atomic E-state index is 12.2. The third-order valence-corrected chi connectivity index (χ3v) is 4.19. The number of amides is 1. The SMILES string of the molecule is Cc1ccc(CCC(=O)Nc2cccc3cccnc23)cc1Cl. The van der Waals surface area contributed by atoms with Crippen molar-refractivity contribution < 1.29 is 4.79 Å². The monoisotopic (exact) mass is 324 g/mol. The van der Waals surface area contributed by atoms with Gasteiger partial charge in [0.2, 0.25) is 5.91 Å². The number of para-hydroxylation sites is 1.